The fourth-order valence-corrected chi connectivity index (χ4v) is 2.06. The number of hydrogen-bond donors (Lipinski definition) is 0. The van der Waals surface area contributed by atoms with E-state index in [9.17, 15) is 4.79 Å². The van der Waals surface area contributed by atoms with Crippen molar-refractivity contribution in [2.45, 2.75) is 46.5 Å². The molecule has 0 radical (unpaired) electrons. The van der Waals surface area contributed by atoms with Crippen LogP contribution in [0, 0.1) is 5.41 Å². The maximum atomic E-state index is 12.3. The van der Waals surface area contributed by atoms with Gasteiger partial charge in [-0.05, 0) is 25.7 Å². The molecule has 0 N–H and O–H groups in total. The van der Waals surface area contributed by atoms with Crippen molar-refractivity contribution in [1.29, 1.82) is 0 Å². The van der Waals surface area contributed by atoms with E-state index in [2.05, 4.69) is 27.4 Å². The van der Waals surface area contributed by atoms with E-state index in [1.165, 1.54) is 5.57 Å². The zero-order valence-electron chi connectivity index (χ0n) is 10.3. The van der Waals surface area contributed by atoms with Gasteiger partial charge >= 0.3 is 0 Å². The van der Waals surface area contributed by atoms with Gasteiger partial charge in [0.25, 0.3) is 0 Å². The highest BCUT2D eigenvalue weighted by Crippen LogP contribution is 2.29. The molecule has 1 fully saturated rings. The predicted molar refractivity (Wildman–Crippen MR) is 63.6 cm³/mol. The molecular weight excluding hydrogens is 186 g/mol. The summed E-state index contributed by atoms with van der Waals surface area (Å²) in [6.07, 6.45) is 4.00. The number of carbonyl (C=O) groups excluding carboxylic acids is 1. The minimum absolute atomic E-state index is 0.169. The predicted octanol–water partition coefficient (Wildman–Crippen LogP) is 2.99. The highest BCUT2D eigenvalue weighted by Gasteiger charge is 2.34. The van der Waals surface area contributed by atoms with Gasteiger partial charge in [0.2, 0.25) is 5.91 Å². The number of rotatable bonds is 3. The Kier molecular flexibility index (Phi) is 3.95. The molecule has 0 aromatic heterocycles. The molecule has 0 unspecified atom stereocenters. The monoisotopic (exact) mass is 209 g/mol. The number of amides is 1. The molecular formula is C13H23NO. The summed E-state index contributed by atoms with van der Waals surface area (Å²) in [5.41, 5.74) is 1.03. The van der Waals surface area contributed by atoms with E-state index in [-0.39, 0.29) is 5.41 Å². The zero-order chi connectivity index (χ0) is 11.5. The van der Waals surface area contributed by atoms with E-state index in [1.807, 2.05) is 4.90 Å². The first-order valence-corrected chi connectivity index (χ1v) is 5.99. The van der Waals surface area contributed by atoms with Gasteiger partial charge < -0.3 is 4.90 Å². The summed E-state index contributed by atoms with van der Waals surface area (Å²) in [6.45, 7) is 11.9. The topological polar surface area (TPSA) is 20.3 Å². The molecule has 0 aromatic carbocycles. The molecule has 15 heavy (non-hydrogen) atoms. The molecule has 0 bridgehead atoms. The van der Waals surface area contributed by atoms with Crippen molar-refractivity contribution in [3.8, 4) is 0 Å². The van der Waals surface area contributed by atoms with Gasteiger partial charge in [0.1, 0.15) is 0 Å². The summed E-state index contributed by atoms with van der Waals surface area (Å²) in [6, 6.07) is 0. The number of hydrogen-bond acceptors (Lipinski definition) is 1. The van der Waals surface area contributed by atoms with Crippen molar-refractivity contribution in [3.63, 3.8) is 0 Å². The molecule has 1 rings (SSSR count). The van der Waals surface area contributed by atoms with Crippen LogP contribution in [0.1, 0.15) is 46.5 Å². The molecule has 0 aliphatic carbocycles. The van der Waals surface area contributed by atoms with Crippen molar-refractivity contribution in [3.05, 3.63) is 12.2 Å². The molecule has 1 aliphatic rings. The smallest absolute Gasteiger partial charge is 0.228 e. The fraction of sp³-hybridized carbons (Fsp3) is 0.769. The lowest BCUT2D eigenvalue weighted by Crippen LogP contribution is -2.44. The molecule has 1 saturated heterocycles. The Hall–Kier alpha value is -0.790. The molecule has 86 valence electrons. The van der Waals surface area contributed by atoms with Crippen molar-refractivity contribution in [2.24, 2.45) is 5.41 Å². The van der Waals surface area contributed by atoms with Gasteiger partial charge in [-0.25, -0.2) is 0 Å². The van der Waals surface area contributed by atoms with Gasteiger partial charge in [-0.2, -0.15) is 0 Å². The van der Waals surface area contributed by atoms with Gasteiger partial charge in [0.05, 0.1) is 0 Å². The van der Waals surface area contributed by atoms with E-state index in [1.54, 1.807) is 0 Å². The second kappa shape index (κ2) is 4.82. The maximum absolute atomic E-state index is 12.3. The van der Waals surface area contributed by atoms with Crippen LogP contribution in [0.2, 0.25) is 0 Å². The van der Waals surface area contributed by atoms with Crippen LogP contribution in [0.3, 0.4) is 0 Å². The third kappa shape index (κ3) is 2.61. The summed E-state index contributed by atoms with van der Waals surface area (Å²) in [4.78, 5) is 14.3. The Morgan fingerprint density at radius 2 is 2.07 bits per heavy atom. The second-order valence-corrected chi connectivity index (χ2v) is 4.85. The van der Waals surface area contributed by atoms with Crippen LogP contribution in [-0.4, -0.2) is 23.9 Å². The quantitative estimate of drug-likeness (QED) is 0.654. The molecule has 2 heteroatoms. The molecule has 1 amide bonds. The van der Waals surface area contributed by atoms with Crippen molar-refractivity contribution in [2.75, 3.05) is 13.1 Å². The van der Waals surface area contributed by atoms with Gasteiger partial charge in [0, 0.05) is 18.5 Å². The minimum atomic E-state index is -0.169. The number of likely N-dealkylation sites (tertiary alicyclic amines) is 1. The van der Waals surface area contributed by atoms with E-state index in [4.69, 9.17) is 0 Å². The highest BCUT2D eigenvalue weighted by molar-refractivity contribution is 5.82. The third-order valence-electron chi connectivity index (χ3n) is 3.74. The maximum Gasteiger partial charge on any atom is 0.228 e. The lowest BCUT2D eigenvalue weighted by molar-refractivity contribution is -0.141. The van der Waals surface area contributed by atoms with Gasteiger partial charge in [-0.15, -0.1) is 0 Å². The van der Waals surface area contributed by atoms with E-state index in [0.29, 0.717) is 5.91 Å². The largest absolute Gasteiger partial charge is 0.338 e. The standard InChI is InChI=1S/C13H23NO/c1-5-13(4,6-2)12(15)14-9-7-8-11(3)10-14/h3,5-10H2,1-2,4H3. The molecule has 2 nitrogen and oxygen atoms in total. The summed E-state index contributed by atoms with van der Waals surface area (Å²) >= 11 is 0. The molecule has 0 aromatic rings. The first kappa shape index (κ1) is 12.3. The summed E-state index contributed by atoms with van der Waals surface area (Å²) < 4.78 is 0. The second-order valence-electron chi connectivity index (χ2n) is 4.85. The van der Waals surface area contributed by atoms with Gasteiger partial charge in [-0.3, -0.25) is 4.79 Å². The number of nitrogens with zero attached hydrogens (tertiary/aromatic N) is 1. The van der Waals surface area contributed by atoms with Gasteiger partial charge in [0.15, 0.2) is 0 Å². The first-order valence-electron chi connectivity index (χ1n) is 5.99. The molecule has 1 heterocycles. The molecule has 0 spiro atoms. The van der Waals surface area contributed by atoms with Crippen molar-refractivity contribution < 1.29 is 4.79 Å². The van der Waals surface area contributed by atoms with Crippen LogP contribution in [0.5, 0.6) is 0 Å². The zero-order valence-corrected chi connectivity index (χ0v) is 10.3. The van der Waals surface area contributed by atoms with Crippen molar-refractivity contribution in [1.82, 2.24) is 4.90 Å². The van der Waals surface area contributed by atoms with Crippen LogP contribution in [0.25, 0.3) is 0 Å². The van der Waals surface area contributed by atoms with Crippen LogP contribution in [-0.2, 0) is 4.79 Å². The Bertz CT molecular complexity index is 253. The lowest BCUT2D eigenvalue weighted by atomic mass is 9.82. The van der Waals surface area contributed by atoms with Crippen LogP contribution >= 0.6 is 0 Å². The molecule has 0 atom stereocenters. The average molecular weight is 209 g/mol. The first-order chi connectivity index (χ1) is 7.03. The Morgan fingerprint density at radius 3 is 2.53 bits per heavy atom. The van der Waals surface area contributed by atoms with E-state index in [0.717, 1.165) is 38.8 Å². The summed E-state index contributed by atoms with van der Waals surface area (Å²) in [5.74, 6) is 0.313. The van der Waals surface area contributed by atoms with E-state index >= 15 is 0 Å². The average Bonchev–Trinajstić information content (AvgIpc) is 2.27. The van der Waals surface area contributed by atoms with Crippen LogP contribution < -0.4 is 0 Å². The molecule has 1 aliphatic heterocycles. The van der Waals surface area contributed by atoms with E-state index < -0.39 is 0 Å². The SMILES string of the molecule is C=C1CCCN(C(=O)C(C)(CC)CC)C1. The number of piperidine rings is 1. The fourth-order valence-electron chi connectivity index (χ4n) is 2.06. The Labute approximate surface area is 93.3 Å². The Morgan fingerprint density at radius 1 is 1.47 bits per heavy atom. The molecule has 0 saturated carbocycles. The lowest BCUT2D eigenvalue weighted by Gasteiger charge is -2.36. The van der Waals surface area contributed by atoms with Gasteiger partial charge in [-0.1, -0.05) is 32.9 Å². The minimum Gasteiger partial charge on any atom is -0.338 e. The van der Waals surface area contributed by atoms with Crippen LogP contribution in [0.15, 0.2) is 12.2 Å². The summed E-state index contributed by atoms with van der Waals surface area (Å²) in [5, 5.41) is 0. The normalized spacial score (nSPS) is 18.1. The highest BCUT2D eigenvalue weighted by atomic mass is 16.2. The summed E-state index contributed by atoms with van der Waals surface area (Å²) in [7, 11) is 0. The van der Waals surface area contributed by atoms with Crippen LogP contribution in [0.4, 0.5) is 0 Å². The Balaban J connectivity index is 2.70. The third-order valence-corrected chi connectivity index (χ3v) is 3.74. The van der Waals surface area contributed by atoms with Crippen molar-refractivity contribution >= 4 is 5.91 Å². The number of carbonyl (C=O) groups is 1.